The third-order valence-corrected chi connectivity index (χ3v) is 2.23. The van der Waals surface area contributed by atoms with Crippen molar-refractivity contribution in [1.29, 1.82) is 0 Å². The standard InChI is InChI=1S/C12H12FN3O2/c13-10-6-14-12(17)16-11(10)15-8-18-7-9-4-2-1-3-5-9/h1-6H,7-8H2,(H2,14,15,16,17). The lowest BCUT2D eigenvalue weighted by Crippen LogP contribution is -2.16. The third-order valence-electron chi connectivity index (χ3n) is 2.23. The lowest BCUT2D eigenvalue weighted by molar-refractivity contribution is 0.138. The van der Waals surface area contributed by atoms with Crippen molar-refractivity contribution in [2.75, 3.05) is 12.0 Å². The molecule has 0 aliphatic heterocycles. The zero-order valence-corrected chi connectivity index (χ0v) is 9.52. The molecule has 1 heterocycles. The van der Waals surface area contributed by atoms with Crippen LogP contribution in [0.5, 0.6) is 0 Å². The fourth-order valence-electron chi connectivity index (χ4n) is 1.37. The van der Waals surface area contributed by atoms with E-state index in [1.807, 2.05) is 30.3 Å². The second-order valence-corrected chi connectivity index (χ2v) is 3.57. The van der Waals surface area contributed by atoms with Crippen molar-refractivity contribution in [3.8, 4) is 0 Å². The van der Waals surface area contributed by atoms with Gasteiger partial charge in [0.1, 0.15) is 12.5 Å². The van der Waals surface area contributed by atoms with Gasteiger partial charge in [0.15, 0.2) is 5.82 Å². The van der Waals surface area contributed by atoms with E-state index in [0.717, 1.165) is 11.8 Å². The Labute approximate surface area is 103 Å². The van der Waals surface area contributed by atoms with E-state index in [1.54, 1.807) is 0 Å². The van der Waals surface area contributed by atoms with Crippen LogP contribution in [0.25, 0.3) is 0 Å². The molecule has 1 aromatic carbocycles. The Bertz CT molecular complexity index is 557. The zero-order valence-electron chi connectivity index (χ0n) is 9.52. The predicted octanol–water partition coefficient (Wildman–Crippen LogP) is 1.50. The Morgan fingerprint density at radius 3 is 2.89 bits per heavy atom. The van der Waals surface area contributed by atoms with Crippen LogP contribution in [0.3, 0.4) is 0 Å². The smallest absolute Gasteiger partial charge is 0.346 e. The summed E-state index contributed by atoms with van der Waals surface area (Å²) in [6.45, 7) is 0.497. The molecular weight excluding hydrogens is 237 g/mol. The molecule has 0 unspecified atom stereocenters. The summed E-state index contributed by atoms with van der Waals surface area (Å²) in [5.41, 5.74) is 0.407. The molecule has 0 amide bonds. The Hall–Kier alpha value is -2.21. The molecule has 0 saturated heterocycles. The molecule has 1 aromatic heterocycles. The summed E-state index contributed by atoms with van der Waals surface area (Å²) in [7, 11) is 0. The SMILES string of the molecule is O=c1ncc(F)c(NCOCc2ccccc2)[nH]1. The summed E-state index contributed by atoms with van der Waals surface area (Å²) >= 11 is 0. The summed E-state index contributed by atoms with van der Waals surface area (Å²) in [5, 5.41) is 2.63. The molecule has 5 nitrogen and oxygen atoms in total. The third kappa shape index (κ3) is 3.39. The number of H-pyrrole nitrogens is 1. The van der Waals surface area contributed by atoms with Crippen LogP contribution in [0.1, 0.15) is 5.56 Å². The van der Waals surface area contributed by atoms with Crippen molar-refractivity contribution in [3.05, 3.63) is 58.4 Å². The molecule has 6 heteroatoms. The van der Waals surface area contributed by atoms with Gasteiger partial charge in [0.25, 0.3) is 0 Å². The highest BCUT2D eigenvalue weighted by Gasteiger charge is 2.02. The van der Waals surface area contributed by atoms with Gasteiger partial charge in [-0.2, -0.15) is 4.98 Å². The maximum Gasteiger partial charge on any atom is 0.346 e. The van der Waals surface area contributed by atoms with Crippen LogP contribution in [0.4, 0.5) is 10.2 Å². The zero-order chi connectivity index (χ0) is 12.8. The molecule has 94 valence electrons. The topological polar surface area (TPSA) is 67.0 Å². The molecule has 2 N–H and O–H groups in total. The first-order valence-electron chi connectivity index (χ1n) is 5.36. The van der Waals surface area contributed by atoms with Gasteiger partial charge in [0.05, 0.1) is 12.8 Å². The first-order valence-corrected chi connectivity index (χ1v) is 5.36. The fourth-order valence-corrected chi connectivity index (χ4v) is 1.37. The fraction of sp³-hybridized carbons (Fsp3) is 0.167. The molecule has 0 aliphatic carbocycles. The minimum absolute atomic E-state index is 0.0249. The first-order chi connectivity index (χ1) is 8.75. The van der Waals surface area contributed by atoms with E-state index in [1.165, 1.54) is 0 Å². The molecule has 0 spiro atoms. The molecule has 0 saturated carbocycles. The van der Waals surface area contributed by atoms with E-state index in [-0.39, 0.29) is 12.5 Å². The number of aromatic amines is 1. The monoisotopic (exact) mass is 249 g/mol. The van der Waals surface area contributed by atoms with Crippen LogP contribution < -0.4 is 11.0 Å². The summed E-state index contributed by atoms with van der Waals surface area (Å²) in [6, 6.07) is 9.58. The molecule has 18 heavy (non-hydrogen) atoms. The van der Waals surface area contributed by atoms with Gasteiger partial charge in [0, 0.05) is 0 Å². The van der Waals surface area contributed by atoms with Gasteiger partial charge in [-0.3, -0.25) is 4.98 Å². The van der Waals surface area contributed by atoms with Gasteiger partial charge in [-0.05, 0) is 5.56 Å². The second kappa shape index (κ2) is 5.92. The van der Waals surface area contributed by atoms with Gasteiger partial charge < -0.3 is 10.1 Å². The summed E-state index contributed by atoms with van der Waals surface area (Å²) in [6.07, 6.45) is 0.859. The van der Waals surface area contributed by atoms with Gasteiger partial charge >= 0.3 is 5.69 Å². The van der Waals surface area contributed by atoms with Crippen LogP contribution in [-0.2, 0) is 11.3 Å². The molecular formula is C12H12FN3O2. The van der Waals surface area contributed by atoms with E-state index in [0.29, 0.717) is 6.61 Å². The maximum atomic E-state index is 13.2. The number of ether oxygens (including phenoxy) is 1. The quantitative estimate of drug-likeness (QED) is 0.622. The average molecular weight is 249 g/mol. The number of aromatic nitrogens is 2. The van der Waals surface area contributed by atoms with E-state index in [2.05, 4.69) is 15.3 Å². The summed E-state index contributed by atoms with van der Waals surface area (Å²) < 4.78 is 18.5. The number of hydrogen-bond donors (Lipinski definition) is 2. The summed E-state index contributed by atoms with van der Waals surface area (Å²) in [5.74, 6) is -0.652. The number of nitrogens with one attached hydrogen (secondary N) is 2. The minimum Gasteiger partial charge on any atom is -0.357 e. The van der Waals surface area contributed by atoms with Crippen molar-refractivity contribution in [2.45, 2.75) is 6.61 Å². The highest BCUT2D eigenvalue weighted by Crippen LogP contribution is 2.05. The number of rotatable bonds is 5. The molecule has 0 atom stereocenters. The van der Waals surface area contributed by atoms with Gasteiger partial charge in [-0.25, -0.2) is 9.18 Å². The molecule has 0 bridgehead atoms. The van der Waals surface area contributed by atoms with Crippen molar-refractivity contribution in [3.63, 3.8) is 0 Å². The van der Waals surface area contributed by atoms with E-state index < -0.39 is 11.5 Å². The van der Waals surface area contributed by atoms with Gasteiger partial charge in [-0.1, -0.05) is 30.3 Å². The lowest BCUT2D eigenvalue weighted by atomic mass is 10.2. The van der Waals surface area contributed by atoms with E-state index in [9.17, 15) is 9.18 Å². The normalized spacial score (nSPS) is 10.3. The number of nitrogens with zero attached hydrogens (tertiary/aromatic N) is 1. The van der Waals surface area contributed by atoms with E-state index >= 15 is 0 Å². The number of halogens is 1. The number of anilines is 1. The Morgan fingerprint density at radius 2 is 2.11 bits per heavy atom. The second-order valence-electron chi connectivity index (χ2n) is 3.57. The number of benzene rings is 1. The Balaban J connectivity index is 1.82. The first kappa shape index (κ1) is 12.3. The van der Waals surface area contributed by atoms with Crippen LogP contribution in [0.15, 0.2) is 41.3 Å². The average Bonchev–Trinajstić information content (AvgIpc) is 2.40. The molecule has 0 aliphatic rings. The summed E-state index contributed by atoms with van der Waals surface area (Å²) in [4.78, 5) is 16.4. The lowest BCUT2D eigenvalue weighted by Gasteiger charge is -2.07. The number of hydrogen-bond acceptors (Lipinski definition) is 4. The Morgan fingerprint density at radius 1 is 1.33 bits per heavy atom. The largest absolute Gasteiger partial charge is 0.357 e. The van der Waals surface area contributed by atoms with Gasteiger partial charge in [0.2, 0.25) is 0 Å². The van der Waals surface area contributed by atoms with Crippen LogP contribution in [0.2, 0.25) is 0 Å². The van der Waals surface area contributed by atoms with Crippen molar-refractivity contribution in [2.24, 2.45) is 0 Å². The maximum absolute atomic E-state index is 13.2. The molecule has 2 aromatic rings. The van der Waals surface area contributed by atoms with Crippen LogP contribution in [-0.4, -0.2) is 16.7 Å². The highest BCUT2D eigenvalue weighted by atomic mass is 19.1. The van der Waals surface area contributed by atoms with Crippen molar-refractivity contribution < 1.29 is 9.13 Å². The van der Waals surface area contributed by atoms with Crippen molar-refractivity contribution >= 4 is 5.82 Å². The van der Waals surface area contributed by atoms with E-state index in [4.69, 9.17) is 4.74 Å². The Kier molecular flexibility index (Phi) is 4.03. The minimum atomic E-state index is -0.627. The predicted molar refractivity (Wildman–Crippen MR) is 64.5 cm³/mol. The highest BCUT2D eigenvalue weighted by molar-refractivity contribution is 5.32. The van der Waals surface area contributed by atoms with Crippen LogP contribution >= 0.6 is 0 Å². The molecule has 0 fully saturated rings. The molecule has 2 rings (SSSR count). The van der Waals surface area contributed by atoms with Crippen molar-refractivity contribution in [1.82, 2.24) is 9.97 Å². The van der Waals surface area contributed by atoms with Gasteiger partial charge in [-0.15, -0.1) is 0 Å². The van der Waals surface area contributed by atoms with Crippen LogP contribution in [0, 0.1) is 5.82 Å². The molecule has 0 radical (unpaired) electrons.